The summed E-state index contributed by atoms with van der Waals surface area (Å²) in [5, 5.41) is 16.1. The van der Waals surface area contributed by atoms with Gasteiger partial charge >= 0.3 is 5.97 Å². The lowest BCUT2D eigenvalue weighted by molar-refractivity contribution is 0.0694. The summed E-state index contributed by atoms with van der Waals surface area (Å²) >= 11 is 0. The van der Waals surface area contributed by atoms with E-state index in [1.54, 1.807) is 24.7 Å². The van der Waals surface area contributed by atoms with E-state index >= 15 is 0 Å². The molecule has 0 spiro atoms. The molecule has 0 unspecified atom stereocenters. The zero-order chi connectivity index (χ0) is 16.1. The van der Waals surface area contributed by atoms with Crippen molar-refractivity contribution in [1.29, 1.82) is 0 Å². The Balaban J connectivity index is 2.10. The van der Waals surface area contributed by atoms with Gasteiger partial charge in [-0.2, -0.15) is 5.10 Å². The highest BCUT2D eigenvalue weighted by molar-refractivity contribution is 5.89. The molecule has 6 nitrogen and oxygen atoms in total. The molecule has 6 heteroatoms. The number of carboxylic acid groups (broad SMARTS) is 1. The average molecular weight is 309 g/mol. The van der Waals surface area contributed by atoms with Gasteiger partial charge in [-0.3, -0.25) is 14.3 Å². The number of carboxylic acids is 1. The van der Waals surface area contributed by atoms with E-state index in [1.807, 2.05) is 13.0 Å². The van der Waals surface area contributed by atoms with Crippen molar-refractivity contribution in [3.63, 3.8) is 0 Å². The van der Waals surface area contributed by atoms with Crippen molar-refractivity contribution in [1.82, 2.24) is 14.6 Å². The van der Waals surface area contributed by atoms with Crippen LogP contribution in [0.25, 0.3) is 16.6 Å². The highest BCUT2D eigenvalue weighted by atomic mass is 16.4. The van der Waals surface area contributed by atoms with E-state index in [0.29, 0.717) is 5.92 Å². The number of carbonyl (C=O) groups is 1. The van der Waals surface area contributed by atoms with E-state index in [1.165, 1.54) is 4.40 Å². The SMILES string of the molecule is Cc1c(-c2cn[nH]c2)ccn2c(=O)c(C(=O)O)cc(C3CC3)c12. The molecule has 0 aromatic carbocycles. The minimum atomic E-state index is -1.18. The van der Waals surface area contributed by atoms with Crippen molar-refractivity contribution in [3.05, 3.63) is 57.8 Å². The molecule has 0 aliphatic heterocycles. The first kappa shape index (κ1) is 13.8. The number of hydrogen-bond acceptors (Lipinski definition) is 3. The first-order valence-corrected chi connectivity index (χ1v) is 7.49. The van der Waals surface area contributed by atoms with Gasteiger partial charge in [0.25, 0.3) is 5.56 Å². The van der Waals surface area contributed by atoms with Gasteiger partial charge in [0.15, 0.2) is 0 Å². The molecule has 116 valence electrons. The molecule has 23 heavy (non-hydrogen) atoms. The maximum atomic E-state index is 12.5. The van der Waals surface area contributed by atoms with Crippen LogP contribution in [0.5, 0.6) is 0 Å². The Morgan fingerprint density at radius 2 is 2.22 bits per heavy atom. The van der Waals surface area contributed by atoms with Crippen molar-refractivity contribution >= 4 is 11.5 Å². The lowest BCUT2D eigenvalue weighted by atomic mass is 9.98. The van der Waals surface area contributed by atoms with Crippen molar-refractivity contribution < 1.29 is 9.90 Å². The maximum Gasteiger partial charge on any atom is 0.341 e. The fourth-order valence-corrected chi connectivity index (χ4v) is 3.17. The number of fused-ring (bicyclic) bond motifs is 1. The lowest BCUT2D eigenvalue weighted by Gasteiger charge is -2.14. The molecule has 0 radical (unpaired) electrons. The highest BCUT2D eigenvalue weighted by Crippen LogP contribution is 2.43. The van der Waals surface area contributed by atoms with E-state index in [9.17, 15) is 14.7 Å². The predicted octanol–water partition coefficient (Wildman–Crippen LogP) is 2.57. The molecule has 1 aliphatic rings. The van der Waals surface area contributed by atoms with Gasteiger partial charge in [-0.05, 0) is 54.5 Å². The van der Waals surface area contributed by atoms with Gasteiger partial charge in [-0.1, -0.05) is 0 Å². The topological polar surface area (TPSA) is 87.5 Å². The summed E-state index contributed by atoms with van der Waals surface area (Å²) in [6, 6.07) is 3.39. The van der Waals surface area contributed by atoms with Gasteiger partial charge in [0.1, 0.15) is 5.56 Å². The van der Waals surface area contributed by atoms with Gasteiger partial charge < -0.3 is 5.11 Å². The number of H-pyrrole nitrogens is 1. The van der Waals surface area contributed by atoms with E-state index in [-0.39, 0.29) is 5.56 Å². The summed E-state index contributed by atoms with van der Waals surface area (Å²) in [6.45, 7) is 1.96. The molecule has 3 heterocycles. The number of rotatable bonds is 3. The Labute approximate surface area is 131 Å². The minimum absolute atomic E-state index is 0.167. The molecule has 0 saturated heterocycles. The molecule has 1 saturated carbocycles. The molecule has 4 rings (SSSR count). The molecular weight excluding hydrogens is 294 g/mol. The highest BCUT2D eigenvalue weighted by Gasteiger charge is 2.29. The van der Waals surface area contributed by atoms with Gasteiger partial charge in [-0.15, -0.1) is 0 Å². The Morgan fingerprint density at radius 3 is 2.83 bits per heavy atom. The van der Waals surface area contributed by atoms with E-state index in [4.69, 9.17) is 0 Å². The Morgan fingerprint density at radius 1 is 1.43 bits per heavy atom. The first-order chi connectivity index (χ1) is 11.1. The van der Waals surface area contributed by atoms with Gasteiger partial charge in [-0.25, -0.2) is 4.79 Å². The van der Waals surface area contributed by atoms with Crippen molar-refractivity contribution in [2.75, 3.05) is 0 Å². The zero-order valence-electron chi connectivity index (χ0n) is 12.5. The average Bonchev–Trinajstić information content (AvgIpc) is 3.22. The van der Waals surface area contributed by atoms with Crippen molar-refractivity contribution in [2.24, 2.45) is 0 Å². The van der Waals surface area contributed by atoms with E-state index in [0.717, 1.165) is 40.6 Å². The fourth-order valence-electron chi connectivity index (χ4n) is 3.17. The number of pyridine rings is 2. The van der Waals surface area contributed by atoms with Crippen LogP contribution in [0, 0.1) is 6.92 Å². The van der Waals surface area contributed by atoms with Crippen molar-refractivity contribution in [3.8, 4) is 11.1 Å². The predicted molar refractivity (Wildman–Crippen MR) is 84.9 cm³/mol. The normalized spacial score (nSPS) is 14.3. The zero-order valence-corrected chi connectivity index (χ0v) is 12.5. The van der Waals surface area contributed by atoms with Gasteiger partial charge in [0, 0.05) is 18.0 Å². The standard InChI is InChI=1S/C17H15N3O3/c1-9-12(11-7-18-19-8-11)4-5-20-15(9)13(10-2-3-10)6-14(16(20)21)17(22)23/h4-8,10H,2-3H2,1H3,(H,18,19)(H,22,23). The molecular formula is C17H15N3O3. The molecule has 1 aliphatic carbocycles. The number of nitrogens with one attached hydrogen (secondary N) is 1. The summed E-state index contributed by atoms with van der Waals surface area (Å²) < 4.78 is 1.47. The van der Waals surface area contributed by atoms with E-state index < -0.39 is 11.5 Å². The number of aromatic amines is 1. The molecule has 0 amide bonds. The summed E-state index contributed by atoms with van der Waals surface area (Å²) in [7, 11) is 0. The number of aryl methyl sites for hydroxylation is 1. The van der Waals surface area contributed by atoms with Crippen molar-refractivity contribution in [2.45, 2.75) is 25.7 Å². The number of aromatic carboxylic acids is 1. The van der Waals surface area contributed by atoms with Crippen LogP contribution in [0.4, 0.5) is 0 Å². The van der Waals surface area contributed by atoms with Crippen LogP contribution in [-0.2, 0) is 0 Å². The first-order valence-electron chi connectivity index (χ1n) is 7.49. The fraction of sp³-hybridized carbons (Fsp3) is 0.235. The maximum absolute atomic E-state index is 12.5. The molecule has 2 N–H and O–H groups in total. The second-order valence-corrected chi connectivity index (χ2v) is 5.96. The number of hydrogen-bond donors (Lipinski definition) is 2. The monoisotopic (exact) mass is 309 g/mol. The van der Waals surface area contributed by atoms with Crippen LogP contribution in [0.1, 0.15) is 40.2 Å². The number of nitrogens with zero attached hydrogens (tertiary/aromatic N) is 2. The Kier molecular flexibility index (Phi) is 2.87. The second-order valence-electron chi connectivity index (χ2n) is 5.96. The molecule has 3 aromatic rings. The second kappa shape index (κ2) is 4.81. The number of aromatic nitrogens is 3. The third-order valence-corrected chi connectivity index (χ3v) is 4.47. The molecule has 1 fully saturated rings. The lowest BCUT2D eigenvalue weighted by Crippen LogP contribution is -2.23. The summed E-state index contributed by atoms with van der Waals surface area (Å²) in [4.78, 5) is 23.9. The summed E-state index contributed by atoms with van der Waals surface area (Å²) in [5.41, 5.74) is 4.01. The van der Waals surface area contributed by atoms with Gasteiger partial charge in [0.2, 0.25) is 0 Å². The van der Waals surface area contributed by atoms with Crippen LogP contribution in [-0.4, -0.2) is 25.7 Å². The van der Waals surface area contributed by atoms with Crippen LogP contribution < -0.4 is 5.56 Å². The smallest absolute Gasteiger partial charge is 0.341 e. The van der Waals surface area contributed by atoms with Crippen LogP contribution >= 0.6 is 0 Å². The van der Waals surface area contributed by atoms with Crippen LogP contribution in [0.2, 0.25) is 0 Å². The van der Waals surface area contributed by atoms with Crippen LogP contribution in [0.3, 0.4) is 0 Å². The quantitative estimate of drug-likeness (QED) is 0.778. The Bertz CT molecular complexity index is 982. The largest absolute Gasteiger partial charge is 0.477 e. The van der Waals surface area contributed by atoms with Crippen LogP contribution in [0.15, 0.2) is 35.5 Å². The third-order valence-electron chi connectivity index (χ3n) is 4.47. The minimum Gasteiger partial charge on any atom is -0.477 e. The van der Waals surface area contributed by atoms with Gasteiger partial charge in [0.05, 0.1) is 11.7 Å². The molecule has 0 atom stereocenters. The van der Waals surface area contributed by atoms with E-state index in [2.05, 4.69) is 10.2 Å². The Hall–Kier alpha value is -2.89. The third kappa shape index (κ3) is 2.06. The molecule has 0 bridgehead atoms. The summed E-state index contributed by atoms with van der Waals surface area (Å²) in [5.74, 6) is -0.843. The molecule has 3 aromatic heterocycles. The summed E-state index contributed by atoms with van der Waals surface area (Å²) in [6.07, 6.45) is 7.26.